The van der Waals surface area contributed by atoms with Gasteiger partial charge in [-0.25, -0.2) is 9.88 Å². The van der Waals surface area contributed by atoms with Crippen LogP contribution in [0.5, 0.6) is 5.75 Å². The Labute approximate surface area is 230 Å². The molecule has 4 rings (SSSR count). The van der Waals surface area contributed by atoms with Gasteiger partial charge in [-0.1, -0.05) is 68.4 Å². The predicted octanol–water partition coefficient (Wildman–Crippen LogP) is 7.79. The van der Waals surface area contributed by atoms with Crippen molar-refractivity contribution in [3.8, 4) is 5.75 Å². The highest BCUT2D eigenvalue weighted by Crippen LogP contribution is 2.57. The fraction of sp³-hybridized carbons (Fsp3) is 0.241. The second-order valence-electron chi connectivity index (χ2n) is 9.31. The summed E-state index contributed by atoms with van der Waals surface area (Å²) >= 11 is 1.01. The molecule has 6 nitrogen and oxygen atoms in total. The summed E-state index contributed by atoms with van der Waals surface area (Å²) in [5.41, 5.74) is -3.10. The zero-order valence-electron chi connectivity index (χ0n) is 21.3. The first-order chi connectivity index (χ1) is 18.6. The number of hydrogen-bond donors (Lipinski definition) is 2. The first-order valence-electron chi connectivity index (χ1n) is 12.3. The third-order valence-corrected chi connectivity index (χ3v) is 8.57. The Balaban J connectivity index is 1.64. The minimum atomic E-state index is -3.54. The smallest absolute Gasteiger partial charge is 0.345 e. The van der Waals surface area contributed by atoms with Gasteiger partial charge in [0.05, 0.1) is 0 Å². The number of carbonyl (C=O) groups excluding carboxylic acids is 1. The van der Waals surface area contributed by atoms with E-state index in [0.29, 0.717) is 10.1 Å². The second-order valence-corrected chi connectivity index (χ2v) is 12.0. The molecule has 1 heterocycles. The molecule has 204 valence electrons. The summed E-state index contributed by atoms with van der Waals surface area (Å²) in [6, 6.07) is 21.7. The van der Waals surface area contributed by atoms with E-state index in [1.54, 1.807) is 30.3 Å². The third-order valence-electron chi connectivity index (χ3n) is 5.76. The molecule has 1 aromatic heterocycles. The van der Waals surface area contributed by atoms with Crippen molar-refractivity contribution >= 4 is 41.7 Å². The number of ether oxygens (including phenoxy) is 1. The first kappa shape index (κ1) is 28.6. The molecule has 0 saturated carbocycles. The number of thiophene rings is 1. The van der Waals surface area contributed by atoms with Crippen LogP contribution in [0.3, 0.4) is 0 Å². The molecule has 39 heavy (non-hydrogen) atoms. The van der Waals surface area contributed by atoms with Gasteiger partial charge in [-0.2, -0.15) is 8.78 Å². The highest BCUT2D eigenvalue weighted by molar-refractivity contribution is 7.51. The molecule has 0 bridgehead atoms. The zero-order valence-corrected chi connectivity index (χ0v) is 23.1. The minimum absolute atomic E-state index is 0.00516. The molecule has 4 aromatic rings. The number of para-hydroxylation sites is 1. The molecule has 10 heteroatoms. The van der Waals surface area contributed by atoms with Gasteiger partial charge in [-0.05, 0) is 53.6 Å². The summed E-state index contributed by atoms with van der Waals surface area (Å²) < 4.78 is 44.3. The van der Waals surface area contributed by atoms with Crippen LogP contribution in [0.25, 0.3) is 10.1 Å². The monoisotopic (exact) mass is 571 g/mol. The van der Waals surface area contributed by atoms with E-state index in [2.05, 4.69) is 5.09 Å². The van der Waals surface area contributed by atoms with Gasteiger partial charge in [-0.3, -0.25) is 4.79 Å². The van der Waals surface area contributed by atoms with Crippen LogP contribution in [-0.2, 0) is 21.8 Å². The van der Waals surface area contributed by atoms with Crippen molar-refractivity contribution in [1.82, 2.24) is 5.09 Å². The number of hydrogen-bond acceptors (Lipinski definition) is 6. The van der Waals surface area contributed by atoms with Crippen molar-refractivity contribution in [3.05, 3.63) is 101 Å². The fourth-order valence-electron chi connectivity index (χ4n) is 3.85. The van der Waals surface area contributed by atoms with Crippen LogP contribution >= 0.6 is 19.6 Å². The minimum Gasteiger partial charge on any atom is -0.477 e. The standard InChI is InChI=1S/C29H28F2NO5PS/c1-19(2)15-24(28(35)36-18-20-9-5-3-6-10-20)32-38(37-23-11-7-4-8-12-23)29(30,31)22-13-14-25-21(16-22)17-26(39-25)27(33)34/h3-14,16-17,19,24,32H,15,18H2,1-2H3,(H,33,34). The number of fused-ring (bicyclic) bond motifs is 1. The molecule has 0 radical (unpaired) electrons. The van der Waals surface area contributed by atoms with E-state index in [-0.39, 0.29) is 35.1 Å². The summed E-state index contributed by atoms with van der Waals surface area (Å²) in [5.74, 6) is -1.54. The summed E-state index contributed by atoms with van der Waals surface area (Å²) in [7, 11) is -2.78. The van der Waals surface area contributed by atoms with E-state index in [9.17, 15) is 14.7 Å². The van der Waals surface area contributed by atoms with Crippen molar-refractivity contribution in [2.45, 2.75) is 38.6 Å². The Kier molecular flexibility index (Phi) is 9.28. The van der Waals surface area contributed by atoms with Crippen molar-refractivity contribution < 1.29 is 32.7 Å². The third kappa shape index (κ3) is 7.38. The van der Waals surface area contributed by atoms with Crippen LogP contribution < -0.4 is 9.61 Å². The molecule has 0 spiro atoms. The maximum Gasteiger partial charge on any atom is 0.345 e. The van der Waals surface area contributed by atoms with E-state index in [4.69, 9.17) is 9.26 Å². The van der Waals surface area contributed by atoms with Crippen LogP contribution in [0.1, 0.15) is 41.1 Å². The normalized spacial score (nSPS) is 13.3. The van der Waals surface area contributed by atoms with Gasteiger partial charge in [0.2, 0.25) is 8.30 Å². The summed E-state index contributed by atoms with van der Waals surface area (Å²) in [5, 5.41) is 12.5. The topological polar surface area (TPSA) is 84.9 Å². The number of halogens is 2. The van der Waals surface area contributed by atoms with Crippen LogP contribution in [0.4, 0.5) is 8.78 Å². The fourth-order valence-corrected chi connectivity index (χ4v) is 6.26. The van der Waals surface area contributed by atoms with E-state index < -0.39 is 31.9 Å². The molecular weight excluding hydrogens is 543 g/mol. The summed E-state index contributed by atoms with van der Waals surface area (Å²) in [6.07, 6.45) is 0.256. The number of carboxylic acid groups (broad SMARTS) is 1. The number of carboxylic acids is 1. The van der Waals surface area contributed by atoms with Gasteiger partial charge in [0.25, 0.3) is 0 Å². The predicted molar refractivity (Wildman–Crippen MR) is 149 cm³/mol. The maximum atomic E-state index is 16.2. The van der Waals surface area contributed by atoms with Crippen molar-refractivity contribution in [3.63, 3.8) is 0 Å². The zero-order chi connectivity index (χ0) is 28.0. The summed E-state index contributed by atoms with van der Waals surface area (Å²) in [6.45, 7) is 3.80. The van der Waals surface area contributed by atoms with Crippen molar-refractivity contribution in [2.24, 2.45) is 5.92 Å². The number of benzene rings is 3. The number of aromatic carboxylic acids is 1. The Morgan fingerprint density at radius 2 is 1.67 bits per heavy atom. The van der Waals surface area contributed by atoms with Gasteiger partial charge >= 0.3 is 17.6 Å². The van der Waals surface area contributed by atoms with Crippen LogP contribution in [0.15, 0.2) is 84.9 Å². The van der Waals surface area contributed by atoms with Gasteiger partial charge in [0.15, 0.2) is 0 Å². The first-order valence-corrected chi connectivity index (χ1v) is 14.4. The molecule has 0 aliphatic heterocycles. The number of rotatable bonds is 12. The average Bonchev–Trinajstić information content (AvgIpc) is 3.36. The molecule has 0 aliphatic carbocycles. The molecule has 2 N–H and O–H groups in total. The van der Waals surface area contributed by atoms with Gasteiger partial charge in [0.1, 0.15) is 23.3 Å². The Morgan fingerprint density at radius 1 is 1.00 bits per heavy atom. The Hall–Kier alpha value is -3.39. The largest absolute Gasteiger partial charge is 0.477 e. The van der Waals surface area contributed by atoms with Crippen LogP contribution in [-0.4, -0.2) is 23.1 Å². The molecular formula is C29H28F2NO5PS. The molecule has 2 atom stereocenters. The van der Waals surface area contributed by atoms with E-state index in [0.717, 1.165) is 16.9 Å². The SMILES string of the molecule is CC(C)CC(NP(Oc1ccccc1)C(F)(F)c1ccc2sc(C(=O)O)cc2c1)C(=O)OCc1ccccc1. The Morgan fingerprint density at radius 3 is 2.31 bits per heavy atom. The summed E-state index contributed by atoms with van der Waals surface area (Å²) in [4.78, 5) is 24.5. The van der Waals surface area contributed by atoms with Crippen LogP contribution in [0.2, 0.25) is 0 Å². The molecule has 0 aliphatic rings. The average molecular weight is 572 g/mol. The number of nitrogens with one attached hydrogen (secondary N) is 1. The Bertz CT molecular complexity index is 1420. The lowest BCUT2D eigenvalue weighted by Crippen LogP contribution is -2.39. The lowest BCUT2D eigenvalue weighted by atomic mass is 10.1. The number of carbonyl (C=O) groups is 2. The molecule has 3 aromatic carbocycles. The van der Waals surface area contributed by atoms with E-state index >= 15 is 8.78 Å². The lowest BCUT2D eigenvalue weighted by molar-refractivity contribution is -0.147. The van der Waals surface area contributed by atoms with Gasteiger partial charge in [-0.15, -0.1) is 11.3 Å². The van der Waals surface area contributed by atoms with Gasteiger partial charge in [0, 0.05) is 10.3 Å². The van der Waals surface area contributed by atoms with Crippen molar-refractivity contribution in [2.75, 3.05) is 0 Å². The molecule has 0 amide bonds. The highest BCUT2D eigenvalue weighted by atomic mass is 32.1. The lowest BCUT2D eigenvalue weighted by Gasteiger charge is -2.31. The molecule has 2 unspecified atom stereocenters. The second kappa shape index (κ2) is 12.6. The number of alkyl halides is 2. The van der Waals surface area contributed by atoms with Crippen LogP contribution in [0, 0.1) is 5.92 Å². The van der Waals surface area contributed by atoms with E-state index in [1.165, 1.54) is 24.3 Å². The highest BCUT2D eigenvalue weighted by Gasteiger charge is 2.47. The molecule has 0 fully saturated rings. The molecule has 0 saturated heterocycles. The van der Waals surface area contributed by atoms with Gasteiger partial charge < -0.3 is 14.4 Å². The quantitative estimate of drug-likeness (QED) is 0.133. The van der Waals surface area contributed by atoms with Crippen molar-refractivity contribution in [1.29, 1.82) is 0 Å². The van der Waals surface area contributed by atoms with E-state index in [1.807, 2.05) is 44.2 Å². The number of esters is 1. The maximum absolute atomic E-state index is 16.2.